The molecule has 2 N–H and O–H groups in total. The Morgan fingerprint density at radius 3 is 0.838 bits per heavy atom. The largest absolute Gasteiger partial charge is 0.493 e. The number of esters is 3. The number of carboxylic acid groups (broad SMARTS) is 1. The number of aliphatic hydroxyl groups excluding tert-OH is 1. The third-order valence-corrected chi connectivity index (χ3v) is 22.9. The highest BCUT2D eigenvalue weighted by Crippen LogP contribution is 2.50. The van der Waals surface area contributed by atoms with Crippen molar-refractivity contribution in [2.45, 2.75) is 181 Å². The molecule has 0 bridgehead atoms. The van der Waals surface area contributed by atoms with Crippen LogP contribution in [0.25, 0.3) is 0 Å². The van der Waals surface area contributed by atoms with Gasteiger partial charge in [0.2, 0.25) is 0 Å². The van der Waals surface area contributed by atoms with Gasteiger partial charge in [-0.25, -0.2) is 19.2 Å². The zero-order chi connectivity index (χ0) is 75.5. The van der Waals surface area contributed by atoms with Crippen LogP contribution in [0.2, 0.25) is 0 Å². The number of hydrogen-bond donors (Lipinski definition) is 2. The molecular weight excluding hydrogens is 1340 g/mol. The number of fused-ring (bicyclic) bond motifs is 12. The van der Waals surface area contributed by atoms with Gasteiger partial charge in [-0.2, -0.15) is 0 Å². The van der Waals surface area contributed by atoms with Crippen molar-refractivity contribution in [1.82, 2.24) is 19.6 Å². The van der Waals surface area contributed by atoms with Crippen LogP contribution >= 0.6 is 0 Å². The Bertz CT molecular complexity index is 3580. The highest BCUT2D eigenvalue weighted by molar-refractivity contribution is 5.92. The van der Waals surface area contributed by atoms with Gasteiger partial charge in [0.15, 0.2) is 46.0 Å². The van der Waals surface area contributed by atoms with Crippen LogP contribution in [0.4, 0.5) is 0 Å². The molecule has 0 unspecified atom stereocenters. The van der Waals surface area contributed by atoms with Crippen LogP contribution in [-0.2, 0) is 59.1 Å². The Kier molecular flexibility index (Phi) is 27.7. The molecule has 12 atom stereocenters. The number of carbonyl (C=O) groups excluding carboxylic acids is 3. The predicted octanol–water partition coefficient (Wildman–Crippen LogP) is 13.0. The highest BCUT2D eigenvalue weighted by atomic mass is 16.6. The number of nitrogens with zero attached hydrogens (tertiary/aromatic N) is 4. The van der Waals surface area contributed by atoms with Gasteiger partial charge in [-0.15, -0.1) is 0 Å². The molecule has 4 aromatic carbocycles. The van der Waals surface area contributed by atoms with Crippen molar-refractivity contribution in [3.8, 4) is 46.0 Å². The van der Waals surface area contributed by atoms with E-state index in [1.165, 1.54) is 56.7 Å². The van der Waals surface area contributed by atoms with E-state index in [1.54, 1.807) is 56.9 Å². The fourth-order valence-electron chi connectivity index (χ4n) is 18.2. The average molecular weight is 1460 g/mol. The zero-order valence-electron chi connectivity index (χ0n) is 65.1. The van der Waals surface area contributed by atoms with E-state index < -0.39 is 23.9 Å². The van der Waals surface area contributed by atoms with Gasteiger partial charge in [-0.1, -0.05) is 55.4 Å². The summed E-state index contributed by atoms with van der Waals surface area (Å²) in [5, 5.41) is 19.4. The van der Waals surface area contributed by atoms with Crippen molar-refractivity contribution in [2.75, 3.05) is 109 Å². The first kappa shape index (κ1) is 80.0. The smallest absolute Gasteiger partial charge is 0.331 e. The first-order valence-corrected chi connectivity index (χ1v) is 38.2. The summed E-state index contributed by atoms with van der Waals surface area (Å²) in [6.07, 6.45) is 13.9. The molecule has 4 saturated heterocycles. The van der Waals surface area contributed by atoms with Crippen molar-refractivity contribution in [2.24, 2.45) is 47.3 Å². The molecule has 576 valence electrons. The van der Waals surface area contributed by atoms with Crippen LogP contribution in [0.15, 0.2) is 72.8 Å². The van der Waals surface area contributed by atoms with E-state index in [0.717, 1.165) is 151 Å². The van der Waals surface area contributed by atoms with Crippen LogP contribution in [-0.4, -0.2) is 187 Å². The van der Waals surface area contributed by atoms with E-state index in [0.29, 0.717) is 72.1 Å². The summed E-state index contributed by atoms with van der Waals surface area (Å²) in [6.45, 7) is 25.1. The van der Waals surface area contributed by atoms with Crippen molar-refractivity contribution < 1.29 is 81.5 Å². The molecule has 0 amide bonds. The van der Waals surface area contributed by atoms with Crippen molar-refractivity contribution in [3.63, 3.8) is 0 Å². The molecule has 21 nitrogen and oxygen atoms in total. The third kappa shape index (κ3) is 19.4. The molecule has 0 aromatic heterocycles. The SMILES string of the molecule is COc1cc2c(cc1OC)[C@H]1C[C@@H](O)[C@H](CC(C)C)CN1CC2.COc1cc2c(cc1OC)[C@H]1C[C@@H](OC(=O)/C=C/C(=O)O)[C@H](CC(C)C)CN1CC2.COc1cc2c(cc1OC)[C@H]1C[C@@H](OC(=O)/C=C/C(=O)O[C@@H]3C[C@@H]4c5cc(OC)c(OC)cc5CCN4C[C@H]3CC(C)C)[C@H](CC(C)C)CN1CC2. The van der Waals surface area contributed by atoms with E-state index in [2.05, 4.69) is 111 Å². The molecule has 8 heterocycles. The van der Waals surface area contributed by atoms with E-state index in [9.17, 15) is 24.3 Å². The fourth-order valence-corrected chi connectivity index (χ4v) is 18.2. The average Bonchev–Trinajstić information content (AvgIpc) is 0.782. The van der Waals surface area contributed by atoms with Crippen LogP contribution in [0, 0.1) is 47.3 Å². The van der Waals surface area contributed by atoms with Crippen LogP contribution in [0.3, 0.4) is 0 Å². The first-order chi connectivity index (χ1) is 50.4. The van der Waals surface area contributed by atoms with E-state index in [4.69, 9.17) is 57.2 Å². The normalized spacial score (nSPS) is 25.6. The van der Waals surface area contributed by atoms with E-state index in [1.807, 2.05) is 12.1 Å². The lowest BCUT2D eigenvalue weighted by Crippen LogP contribution is -2.49. The quantitative estimate of drug-likeness (QED) is 0.0400. The Balaban J connectivity index is 0.000000187. The summed E-state index contributed by atoms with van der Waals surface area (Å²) in [7, 11) is 13.3. The summed E-state index contributed by atoms with van der Waals surface area (Å²) in [4.78, 5) is 59.8. The molecule has 105 heavy (non-hydrogen) atoms. The van der Waals surface area contributed by atoms with Crippen molar-refractivity contribution >= 4 is 23.9 Å². The van der Waals surface area contributed by atoms with Crippen molar-refractivity contribution in [3.05, 3.63) is 117 Å². The lowest BCUT2D eigenvalue weighted by Gasteiger charge is -2.47. The number of aliphatic hydroxyl groups is 1. The Hall–Kier alpha value is -7.56. The molecular formula is C84H118N4O17. The molecule has 21 heteroatoms. The minimum absolute atomic E-state index is 0.105. The van der Waals surface area contributed by atoms with Crippen LogP contribution in [0.1, 0.15) is 175 Å². The number of carboxylic acids is 1. The second kappa shape index (κ2) is 36.4. The molecule has 0 spiro atoms. The molecule has 0 aliphatic carbocycles. The molecule has 8 aliphatic heterocycles. The number of methoxy groups -OCH3 is 8. The Morgan fingerprint density at radius 1 is 0.362 bits per heavy atom. The summed E-state index contributed by atoms with van der Waals surface area (Å²) in [5.74, 6) is 6.11. The van der Waals surface area contributed by atoms with Gasteiger partial charge in [-0.05, 0) is 180 Å². The number of hydrogen-bond acceptors (Lipinski definition) is 20. The maximum absolute atomic E-state index is 13.4. The minimum Gasteiger partial charge on any atom is -0.493 e. The van der Waals surface area contributed by atoms with Gasteiger partial charge in [-0.3, -0.25) is 19.6 Å². The zero-order valence-corrected chi connectivity index (χ0v) is 65.1. The van der Waals surface area contributed by atoms with Crippen LogP contribution < -0.4 is 37.9 Å². The van der Waals surface area contributed by atoms with Crippen LogP contribution in [0.5, 0.6) is 46.0 Å². The topological polar surface area (TPSA) is 223 Å². The number of piperidine rings is 4. The number of benzene rings is 4. The summed E-state index contributed by atoms with van der Waals surface area (Å²) < 4.78 is 62.5. The number of rotatable bonds is 23. The number of carbonyl (C=O) groups is 4. The van der Waals surface area contributed by atoms with Crippen molar-refractivity contribution in [1.29, 1.82) is 0 Å². The number of aliphatic carboxylic acids is 1. The maximum Gasteiger partial charge on any atom is 0.331 e. The Morgan fingerprint density at radius 2 is 0.590 bits per heavy atom. The van der Waals surface area contributed by atoms with Gasteiger partial charge in [0, 0.05) is 138 Å². The standard InChI is InChI=1S/C42H58N2O8.C23H31NO6.C19H29NO3/c1-25(2)15-29-23-43-13-11-27-17-37(47-5)39(49-7)19-31(27)33(43)21-35(29)51-41(45)9-10-42(46)52-36-22-34-32-20-40(50-8)38(48-6)18-28(32)12-14-44(34)24-30(36)16-26(3)4;1-14(2)9-16-13-24-8-7-15-10-20(28-3)21(29-4)11-17(15)18(24)12-19(16)30-23(27)6-5-22(25)26;1-12(2)7-14-11-20-6-5-13-8-18(22-3)19(23-4)9-15(13)16(20)10-17(14)21/h9-10,17-20,25-26,29-30,33-36H,11-16,21-24H2,1-8H3;5-6,10-11,14,16,18-19H,7-9,12-13H2,1-4H3,(H,25,26);8-9,12,14,16-17,21H,5-7,10-11H2,1-4H3/b10-9+;6-5+;/t29-,30-,33-,34-,35-,36-;16-,18-,19-;14-,16-,17-/m111/s1. The summed E-state index contributed by atoms with van der Waals surface area (Å²) >= 11 is 0. The van der Waals surface area contributed by atoms with E-state index >= 15 is 0 Å². The van der Waals surface area contributed by atoms with Gasteiger partial charge in [0.05, 0.1) is 63.0 Å². The Labute approximate surface area is 623 Å². The lowest BCUT2D eigenvalue weighted by atomic mass is 9.79. The van der Waals surface area contributed by atoms with E-state index in [-0.39, 0.29) is 60.3 Å². The molecule has 4 aromatic rings. The monoisotopic (exact) mass is 1450 g/mol. The molecule has 12 rings (SSSR count). The highest BCUT2D eigenvalue weighted by Gasteiger charge is 2.46. The predicted molar refractivity (Wildman–Crippen MR) is 402 cm³/mol. The molecule has 4 fully saturated rings. The number of ether oxygens (including phenoxy) is 11. The summed E-state index contributed by atoms with van der Waals surface area (Å²) in [6, 6.07) is 17.3. The molecule has 8 aliphatic rings. The molecule has 0 radical (unpaired) electrons. The first-order valence-electron chi connectivity index (χ1n) is 38.2. The van der Waals surface area contributed by atoms with Gasteiger partial charge < -0.3 is 62.3 Å². The van der Waals surface area contributed by atoms with Gasteiger partial charge in [0.1, 0.15) is 18.3 Å². The maximum atomic E-state index is 13.4. The molecule has 0 saturated carbocycles. The second-order valence-electron chi connectivity index (χ2n) is 31.7. The van der Waals surface area contributed by atoms with Gasteiger partial charge >= 0.3 is 23.9 Å². The lowest BCUT2D eigenvalue weighted by molar-refractivity contribution is -0.154. The second-order valence-corrected chi connectivity index (χ2v) is 31.7. The van der Waals surface area contributed by atoms with Gasteiger partial charge in [0.25, 0.3) is 0 Å². The fraction of sp³-hybridized carbons (Fsp3) is 0.619. The summed E-state index contributed by atoms with van der Waals surface area (Å²) in [5.41, 5.74) is 9.93. The minimum atomic E-state index is -1.16. The third-order valence-electron chi connectivity index (χ3n) is 22.9.